The fourth-order valence-corrected chi connectivity index (χ4v) is 2.50. The molecule has 1 aromatic heterocycles. The second-order valence-corrected chi connectivity index (χ2v) is 5.15. The largest absolute Gasteiger partial charge is 0.419 e. The third-order valence-corrected chi connectivity index (χ3v) is 3.68. The Morgan fingerprint density at radius 3 is 2.59 bits per heavy atom. The van der Waals surface area contributed by atoms with E-state index in [1.54, 1.807) is 0 Å². The van der Waals surface area contributed by atoms with Crippen LogP contribution in [0.3, 0.4) is 0 Å². The van der Waals surface area contributed by atoms with Gasteiger partial charge in [0.15, 0.2) is 0 Å². The number of aromatic nitrogens is 2. The summed E-state index contributed by atoms with van der Waals surface area (Å²) in [4.78, 5) is 4.08. The topological polar surface area (TPSA) is 51.0 Å². The van der Waals surface area contributed by atoms with Gasteiger partial charge in [0, 0.05) is 5.92 Å². The molecule has 1 saturated heterocycles. The molecule has 0 amide bonds. The molecule has 0 aliphatic carbocycles. The van der Waals surface area contributed by atoms with Gasteiger partial charge in [-0.15, -0.1) is 0 Å². The van der Waals surface area contributed by atoms with Crippen LogP contribution in [-0.2, 0) is 6.18 Å². The van der Waals surface area contributed by atoms with Crippen LogP contribution in [-0.4, -0.2) is 23.2 Å². The molecule has 1 aliphatic heterocycles. The molecule has 118 valence electrons. The average Bonchev–Trinajstić information content (AvgIpc) is 2.97. The molecule has 1 aromatic carbocycles. The molecule has 4 nitrogen and oxygen atoms in total. The maximum absolute atomic E-state index is 14.1. The van der Waals surface area contributed by atoms with E-state index in [2.05, 4.69) is 15.5 Å². The Kier molecular flexibility index (Phi) is 3.86. The molecule has 0 atom stereocenters. The first-order chi connectivity index (χ1) is 10.5. The van der Waals surface area contributed by atoms with Crippen LogP contribution in [0.15, 0.2) is 22.7 Å². The van der Waals surface area contributed by atoms with E-state index in [-0.39, 0.29) is 17.3 Å². The standard InChI is InChI=1S/C14H13F4N3O/c15-11-9(2-1-3-10(11)14(16,17)18)12-20-13(22-21-12)8-4-6-19-7-5-8/h1-3,8,19H,4-7H2. The Hall–Kier alpha value is -1.96. The van der Waals surface area contributed by atoms with E-state index in [9.17, 15) is 17.6 Å². The summed E-state index contributed by atoms with van der Waals surface area (Å²) >= 11 is 0. The molecule has 0 bridgehead atoms. The normalized spacial score (nSPS) is 16.9. The van der Waals surface area contributed by atoms with Gasteiger partial charge in [-0.05, 0) is 38.1 Å². The van der Waals surface area contributed by atoms with Crippen molar-refractivity contribution in [1.29, 1.82) is 0 Å². The van der Waals surface area contributed by atoms with Crippen molar-refractivity contribution >= 4 is 0 Å². The Balaban J connectivity index is 1.93. The van der Waals surface area contributed by atoms with Gasteiger partial charge in [-0.3, -0.25) is 0 Å². The fraction of sp³-hybridized carbons (Fsp3) is 0.429. The molecule has 0 radical (unpaired) electrons. The Morgan fingerprint density at radius 2 is 1.91 bits per heavy atom. The minimum absolute atomic E-state index is 0.0522. The Morgan fingerprint density at radius 1 is 1.18 bits per heavy atom. The van der Waals surface area contributed by atoms with Gasteiger partial charge in [-0.25, -0.2) is 4.39 Å². The molecular weight excluding hydrogens is 302 g/mol. The van der Waals surface area contributed by atoms with E-state index in [1.165, 1.54) is 6.07 Å². The van der Waals surface area contributed by atoms with Crippen molar-refractivity contribution in [2.75, 3.05) is 13.1 Å². The van der Waals surface area contributed by atoms with Crippen LogP contribution in [0.25, 0.3) is 11.4 Å². The van der Waals surface area contributed by atoms with Crippen molar-refractivity contribution in [2.45, 2.75) is 24.9 Å². The van der Waals surface area contributed by atoms with Gasteiger partial charge in [0.1, 0.15) is 5.82 Å². The van der Waals surface area contributed by atoms with Gasteiger partial charge in [0.25, 0.3) is 0 Å². The SMILES string of the molecule is Fc1c(-c2noc(C3CCNCC3)n2)cccc1C(F)(F)F. The number of nitrogens with one attached hydrogen (secondary N) is 1. The summed E-state index contributed by atoms with van der Waals surface area (Å²) in [7, 11) is 0. The number of rotatable bonds is 2. The van der Waals surface area contributed by atoms with Crippen LogP contribution in [0, 0.1) is 5.82 Å². The number of halogens is 4. The molecule has 2 heterocycles. The predicted octanol–water partition coefficient (Wildman–Crippen LogP) is 3.36. The summed E-state index contributed by atoms with van der Waals surface area (Å²) in [6.07, 6.45) is -3.17. The van der Waals surface area contributed by atoms with Crippen LogP contribution in [0.2, 0.25) is 0 Å². The molecule has 0 spiro atoms. The highest BCUT2D eigenvalue weighted by molar-refractivity contribution is 5.57. The number of alkyl halides is 3. The summed E-state index contributed by atoms with van der Waals surface area (Å²) < 4.78 is 57.3. The van der Waals surface area contributed by atoms with Crippen molar-refractivity contribution < 1.29 is 22.1 Å². The number of nitrogens with zero attached hydrogens (tertiary/aromatic N) is 2. The van der Waals surface area contributed by atoms with Crippen LogP contribution >= 0.6 is 0 Å². The quantitative estimate of drug-likeness (QED) is 0.863. The fourth-order valence-electron chi connectivity index (χ4n) is 2.50. The van der Waals surface area contributed by atoms with E-state index < -0.39 is 17.6 Å². The van der Waals surface area contributed by atoms with Gasteiger partial charge in [0.2, 0.25) is 11.7 Å². The Labute approximate surface area is 123 Å². The molecule has 0 saturated carbocycles. The maximum atomic E-state index is 14.1. The third-order valence-electron chi connectivity index (χ3n) is 3.68. The van der Waals surface area contributed by atoms with E-state index >= 15 is 0 Å². The lowest BCUT2D eigenvalue weighted by molar-refractivity contribution is -0.139. The molecule has 1 fully saturated rings. The zero-order valence-corrected chi connectivity index (χ0v) is 11.5. The monoisotopic (exact) mass is 315 g/mol. The second-order valence-electron chi connectivity index (χ2n) is 5.15. The first kappa shape index (κ1) is 15.0. The number of benzene rings is 1. The van der Waals surface area contributed by atoms with E-state index in [0.717, 1.165) is 32.0 Å². The van der Waals surface area contributed by atoms with E-state index in [1.807, 2.05) is 0 Å². The highest BCUT2D eigenvalue weighted by Gasteiger charge is 2.35. The maximum Gasteiger partial charge on any atom is 0.419 e. The highest BCUT2D eigenvalue weighted by atomic mass is 19.4. The minimum Gasteiger partial charge on any atom is -0.339 e. The number of hydrogen-bond acceptors (Lipinski definition) is 4. The minimum atomic E-state index is -4.76. The van der Waals surface area contributed by atoms with E-state index in [0.29, 0.717) is 12.0 Å². The molecule has 1 N–H and O–H groups in total. The van der Waals surface area contributed by atoms with Crippen molar-refractivity contribution in [2.24, 2.45) is 0 Å². The van der Waals surface area contributed by atoms with Gasteiger partial charge in [-0.1, -0.05) is 11.2 Å². The van der Waals surface area contributed by atoms with Crippen LogP contribution in [0.4, 0.5) is 17.6 Å². The lowest BCUT2D eigenvalue weighted by Gasteiger charge is -2.18. The first-order valence-corrected chi connectivity index (χ1v) is 6.87. The van der Waals surface area contributed by atoms with Crippen LogP contribution in [0.5, 0.6) is 0 Å². The van der Waals surface area contributed by atoms with Crippen molar-refractivity contribution in [3.05, 3.63) is 35.5 Å². The molecule has 3 rings (SSSR count). The van der Waals surface area contributed by atoms with Crippen molar-refractivity contribution in [3.63, 3.8) is 0 Å². The highest BCUT2D eigenvalue weighted by Crippen LogP contribution is 2.35. The van der Waals surface area contributed by atoms with Crippen LogP contribution in [0.1, 0.15) is 30.2 Å². The molecule has 22 heavy (non-hydrogen) atoms. The smallest absolute Gasteiger partial charge is 0.339 e. The van der Waals surface area contributed by atoms with Gasteiger partial charge >= 0.3 is 6.18 Å². The van der Waals surface area contributed by atoms with E-state index in [4.69, 9.17) is 4.52 Å². The predicted molar refractivity (Wildman–Crippen MR) is 69.5 cm³/mol. The zero-order valence-electron chi connectivity index (χ0n) is 11.5. The molecule has 2 aromatic rings. The molecular formula is C14H13F4N3O. The van der Waals surface area contributed by atoms with Gasteiger partial charge in [0.05, 0.1) is 11.1 Å². The number of hydrogen-bond donors (Lipinski definition) is 1. The van der Waals surface area contributed by atoms with Gasteiger partial charge < -0.3 is 9.84 Å². The molecule has 1 aliphatic rings. The summed E-state index contributed by atoms with van der Waals surface area (Å²) in [6, 6.07) is 3.02. The summed E-state index contributed by atoms with van der Waals surface area (Å²) in [5, 5.41) is 6.81. The first-order valence-electron chi connectivity index (χ1n) is 6.87. The van der Waals surface area contributed by atoms with Gasteiger partial charge in [-0.2, -0.15) is 18.2 Å². The van der Waals surface area contributed by atoms with Crippen molar-refractivity contribution in [3.8, 4) is 11.4 Å². The lowest BCUT2D eigenvalue weighted by Crippen LogP contribution is -2.26. The number of piperidine rings is 1. The Bertz CT molecular complexity index is 662. The summed E-state index contributed by atoms with van der Waals surface area (Å²) in [5.41, 5.74) is -1.64. The second kappa shape index (κ2) is 5.68. The average molecular weight is 315 g/mol. The third kappa shape index (κ3) is 2.83. The van der Waals surface area contributed by atoms with Crippen molar-refractivity contribution in [1.82, 2.24) is 15.5 Å². The summed E-state index contributed by atoms with van der Waals surface area (Å²) in [5.74, 6) is -1.14. The summed E-state index contributed by atoms with van der Waals surface area (Å²) in [6.45, 7) is 1.61. The zero-order chi connectivity index (χ0) is 15.7. The van der Waals surface area contributed by atoms with Crippen LogP contribution < -0.4 is 5.32 Å². The molecule has 8 heteroatoms. The lowest BCUT2D eigenvalue weighted by atomic mass is 9.98. The molecule has 0 unspecified atom stereocenters.